The van der Waals surface area contributed by atoms with Crippen molar-refractivity contribution in [1.82, 2.24) is 14.9 Å². The molecule has 0 atom stereocenters. The first kappa shape index (κ1) is 13.4. The lowest BCUT2D eigenvalue weighted by molar-refractivity contribution is 0.840. The quantitative estimate of drug-likeness (QED) is 0.520. The highest BCUT2D eigenvalue weighted by Crippen LogP contribution is 2.27. The van der Waals surface area contributed by atoms with Crippen LogP contribution in [0.2, 0.25) is 0 Å². The van der Waals surface area contributed by atoms with Crippen molar-refractivity contribution < 1.29 is 0 Å². The van der Waals surface area contributed by atoms with Crippen molar-refractivity contribution in [1.29, 1.82) is 0 Å². The molecule has 18 heavy (non-hydrogen) atoms. The van der Waals surface area contributed by atoms with Gasteiger partial charge in [0.2, 0.25) is 5.16 Å². The summed E-state index contributed by atoms with van der Waals surface area (Å²) >= 11 is 5.14. The summed E-state index contributed by atoms with van der Waals surface area (Å²) in [6, 6.07) is 7.85. The van der Waals surface area contributed by atoms with Crippen molar-refractivity contribution in [2.45, 2.75) is 24.9 Å². The van der Waals surface area contributed by atoms with Gasteiger partial charge in [-0.3, -0.25) is 0 Å². The number of thioether (sulfide) groups is 1. The van der Waals surface area contributed by atoms with Crippen molar-refractivity contribution >= 4 is 27.7 Å². The Balaban J connectivity index is 2.23. The highest BCUT2D eigenvalue weighted by atomic mass is 79.9. The molecule has 0 radical (unpaired) electrons. The van der Waals surface area contributed by atoms with E-state index in [1.807, 2.05) is 24.3 Å². The standard InChI is InChI=1S/C12H15BrN4S/c1-2-3-8-18-12-16-15-11(17(12)14)9-6-4-5-7-10(9)13/h4-7H,2-3,8,14H2,1H3. The summed E-state index contributed by atoms with van der Waals surface area (Å²) < 4.78 is 2.52. The number of hydrogen-bond donors (Lipinski definition) is 1. The molecular formula is C12H15BrN4S. The highest BCUT2D eigenvalue weighted by Gasteiger charge is 2.13. The molecule has 0 saturated heterocycles. The van der Waals surface area contributed by atoms with Crippen molar-refractivity contribution in [3.63, 3.8) is 0 Å². The van der Waals surface area contributed by atoms with Crippen LogP contribution in [0.4, 0.5) is 0 Å². The minimum Gasteiger partial charge on any atom is -0.335 e. The molecule has 0 saturated carbocycles. The van der Waals surface area contributed by atoms with Crippen LogP contribution in [0.1, 0.15) is 19.8 Å². The van der Waals surface area contributed by atoms with Gasteiger partial charge in [-0.1, -0.05) is 53.2 Å². The van der Waals surface area contributed by atoms with Gasteiger partial charge in [-0.15, -0.1) is 10.2 Å². The largest absolute Gasteiger partial charge is 0.335 e. The summed E-state index contributed by atoms with van der Waals surface area (Å²) in [4.78, 5) is 0. The van der Waals surface area contributed by atoms with Crippen LogP contribution in [0.5, 0.6) is 0 Å². The Morgan fingerprint density at radius 3 is 2.83 bits per heavy atom. The average Bonchev–Trinajstić information content (AvgIpc) is 2.72. The van der Waals surface area contributed by atoms with Crippen molar-refractivity contribution in [2.75, 3.05) is 11.6 Å². The molecule has 1 heterocycles. The summed E-state index contributed by atoms with van der Waals surface area (Å²) in [5, 5.41) is 9.06. The number of rotatable bonds is 5. The molecule has 2 rings (SSSR count). The molecule has 4 nitrogen and oxygen atoms in total. The maximum atomic E-state index is 6.04. The van der Waals surface area contributed by atoms with Gasteiger partial charge in [-0.25, -0.2) is 4.68 Å². The van der Waals surface area contributed by atoms with Crippen molar-refractivity contribution in [3.8, 4) is 11.4 Å². The molecule has 1 aromatic carbocycles. The second kappa shape index (κ2) is 6.24. The van der Waals surface area contributed by atoms with E-state index < -0.39 is 0 Å². The van der Waals surface area contributed by atoms with E-state index in [4.69, 9.17) is 5.84 Å². The minimum absolute atomic E-state index is 0.682. The maximum absolute atomic E-state index is 6.04. The second-order valence-corrected chi connectivity index (χ2v) is 5.77. The third-order valence-corrected chi connectivity index (χ3v) is 4.23. The fraction of sp³-hybridized carbons (Fsp3) is 0.333. The van der Waals surface area contributed by atoms with Crippen LogP contribution >= 0.6 is 27.7 Å². The lowest BCUT2D eigenvalue weighted by atomic mass is 10.2. The van der Waals surface area contributed by atoms with Crippen LogP contribution in [0.25, 0.3) is 11.4 Å². The van der Waals surface area contributed by atoms with Gasteiger partial charge in [-0.2, -0.15) is 0 Å². The Labute approximate surface area is 119 Å². The van der Waals surface area contributed by atoms with Gasteiger partial charge < -0.3 is 5.84 Å². The van der Waals surface area contributed by atoms with E-state index in [9.17, 15) is 0 Å². The number of nitrogens with two attached hydrogens (primary N) is 1. The summed E-state index contributed by atoms with van der Waals surface area (Å²) in [5.74, 6) is 7.73. The van der Waals surface area contributed by atoms with Crippen LogP contribution in [0.15, 0.2) is 33.9 Å². The SMILES string of the molecule is CCCCSc1nnc(-c2ccccc2Br)n1N. The van der Waals surface area contributed by atoms with Gasteiger partial charge >= 0.3 is 0 Å². The lowest BCUT2D eigenvalue weighted by Crippen LogP contribution is -2.11. The molecule has 0 aliphatic rings. The zero-order valence-electron chi connectivity index (χ0n) is 10.1. The van der Waals surface area contributed by atoms with E-state index in [1.54, 1.807) is 16.4 Å². The van der Waals surface area contributed by atoms with E-state index in [2.05, 4.69) is 33.1 Å². The topological polar surface area (TPSA) is 56.7 Å². The van der Waals surface area contributed by atoms with E-state index in [0.29, 0.717) is 5.82 Å². The molecule has 0 bridgehead atoms. The Morgan fingerprint density at radius 2 is 2.11 bits per heavy atom. The zero-order valence-corrected chi connectivity index (χ0v) is 12.5. The van der Waals surface area contributed by atoms with Gasteiger partial charge in [0.1, 0.15) is 0 Å². The third kappa shape index (κ3) is 2.87. The normalized spacial score (nSPS) is 10.8. The maximum Gasteiger partial charge on any atom is 0.210 e. The number of nitrogen functional groups attached to an aromatic ring is 1. The van der Waals surface area contributed by atoms with Gasteiger partial charge in [0.25, 0.3) is 0 Å². The van der Waals surface area contributed by atoms with Crippen LogP contribution in [-0.4, -0.2) is 20.6 Å². The van der Waals surface area contributed by atoms with Gasteiger partial charge in [0.05, 0.1) is 0 Å². The predicted octanol–water partition coefficient (Wildman–Crippen LogP) is 3.31. The highest BCUT2D eigenvalue weighted by molar-refractivity contribution is 9.10. The Morgan fingerprint density at radius 1 is 1.33 bits per heavy atom. The molecule has 0 aliphatic heterocycles. The van der Waals surface area contributed by atoms with Gasteiger partial charge in [0.15, 0.2) is 5.82 Å². The van der Waals surface area contributed by atoms with Crippen LogP contribution in [0.3, 0.4) is 0 Å². The third-order valence-electron chi connectivity index (χ3n) is 2.51. The average molecular weight is 327 g/mol. The van der Waals surface area contributed by atoms with Gasteiger partial charge in [0, 0.05) is 15.8 Å². The Hall–Kier alpha value is -1.01. The molecule has 0 unspecified atom stereocenters. The molecule has 0 fully saturated rings. The van der Waals surface area contributed by atoms with Crippen molar-refractivity contribution in [3.05, 3.63) is 28.7 Å². The first-order valence-electron chi connectivity index (χ1n) is 5.82. The minimum atomic E-state index is 0.682. The smallest absolute Gasteiger partial charge is 0.210 e. The molecule has 2 N–H and O–H groups in total. The number of benzene rings is 1. The lowest BCUT2D eigenvalue weighted by Gasteiger charge is -2.04. The fourth-order valence-electron chi connectivity index (χ4n) is 1.51. The number of unbranched alkanes of at least 4 members (excludes halogenated alkanes) is 1. The first-order valence-corrected chi connectivity index (χ1v) is 7.60. The first-order chi connectivity index (χ1) is 8.74. The summed E-state index contributed by atoms with van der Waals surface area (Å²) in [7, 11) is 0. The fourth-order valence-corrected chi connectivity index (χ4v) is 2.91. The number of nitrogens with zero attached hydrogens (tertiary/aromatic N) is 3. The molecule has 0 aliphatic carbocycles. The van der Waals surface area contributed by atoms with E-state index in [1.165, 1.54) is 6.42 Å². The number of hydrogen-bond acceptors (Lipinski definition) is 4. The number of halogens is 1. The monoisotopic (exact) mass is 326 g/mol. The van der Waals surface area contributed by atoms with E-state index in [-0.39, 0.29) is 0 Å². The van der Waals surface area contributed by atoms with Crippen LogP contribution in [-0.2, 0) is 0 Å². The molecule has 0 spiro atoms. The molecule has 96 valence electrons. The summed E-state index contributed by atoms with van der Waals surface area (Å²) in [5.41, 5.74) is 0.954. The van der Waals surface area contributed by atoms with E-state index >= 15 is 0 Å². The van der Waals surface area contributed by atoms with E-state index in [0.717, 1.165) is 27.4 Å². The molecule has 2 aromatic rings. The Kier molecular flexibility index (Phi) is 4.66. The van der Waals surface area contributed by atoms with Crippen LogP contribution < -0.4 is 5.84 Å². The molecular weight excluding hydrogens is 312 g/mol. The van der Waals surface area contributed by atoms with Crippen molar-refractivity contribution in [2.24, 2.45) is 0 Å². The molecule has 1 aromatic heterocycles. The Bertz CT molecular complexity index is 527. The summed E-state index contributed by atoms with van der Waals surface area (Å²) in [6.07, 6.45) is 2.32. The van der Waals surface area contributed by atoms with Gasteiger partial charge in [-0.05, 0) is 18.6 Å². The number of aromatic nitrogens is 3. The molecule has 6 heteroatoms. The zero-order chi connectivity index (χ0) is 13.0. The second-order valence-electron chi connectivity index (χ2n) is 3.86. The molecule has 0 amide bonds. The summed E-state index contributed by atoms with van der Waals surface area (Å²) in [6.45, 7) is 2.17. The van der Waals surface area contributed by atoms with Crippen LogP contribution in [0, 0.1) is 0 Å². The predicted molar refractivity (Wildman–Crippen MR) is 78.9 cm³/mol.